The normalized spacial score (nSPS) is 13.9. The van der Waals surface area contributed by atoms with Gasteiger partial charge in [-0.2, -0.15) is 4.98 Å². The fraction of sp³-hybridized carbons (Fsp3) is 0.294. The molecule has 7 nitrogen and oxygen atoms in total. The second-order valence-corrected chi connectivity index (χ2v) is 5.93. The van der Waals surface area contributed by atoms with E-state index < -0.39 is 0 Å². The third-order valence-corrected chi connectivity index (χ3v) is 3.97. The first-order valence-corrected chi connectivity index (χ1v) is 7.93. The van der Waals surface area contributed by atoms with Crippen molar-refractivity contribution in [3.63, 3.8) is 0 Å². The molecule has 0 saturated heterocycles. The summed E-state index contributed by atoms with van der Waals surface area (Å²) in [6, 6.07) is 9.68. The van der Waals surface area contributed by atoms with Crippen molar-refractivity contribution in [3.05, 3.63) is 53.4 Å². The number of rotatable bonds is 5. The minimum atomic E-state index is -0.267. The summed E-state index contributed by atoms with van der Waals surface area (Å²) in [6.45, 7) is 2.03. The van der Waals surface area contributed by atoms with Crippen molar-refractivity contribution in [2.24, 2.45) is 0 Å². The van der Waals surface area contributed by atoms with E-state index in [1.807, 2.05) is 37.3 Å². The molecule has 1 saturated carbocycles. The molecule has 0 radical (unpaired) electrons. The number of nitrogens with zero attached hydrogens (tertiary/aromatic N) is 3. The minimum absolute atomic E-state index is 0.200. The number of carbonyl (C=O) groups excluding carboxylic acids is 1. The van der Waals surface area contributed by atoms with Gasteiger partial charge in [0, 0.05) is 17.2 Å². The molecule has 2 aromatic heterocycles. The molecule has 1 aliphatic rings. The largest absolute Gasteiger partial charge is 0.342 e. The predicted molar refractivity (Wildman–Crippen MR) is 86.2 cm³/mol. The highest BCUT2D eigenvalue weighted by Crippen LogP contribution is 2.38. The fourth-order valence-electron chi connectivity index (χ4n) is 2.50. The van der Waals surface area contributed by atoms with Crippen LogP contribution in [0.3, 0.4) is 0 Å². The highest BCUT2D eigenvalue weighted by molar-refractivity contribution is 5.94. The Balaban J connectivity index is 1.45. The molecule has 122 valence electrons. The van der Waals surface area contributed by atoms with Gasteiger partial charge in [0.25, 0.3) is 5.91 Å². The Kier molecular flexibility index (Phi) is 3.60. The van der Waals surface area contributed by atoms with Crippen LogP contribution in [0.1, 0.15) is 46.7 Å². The monoisotopic (exact) mass is 323 g/mol. The fourth-order valence-corrected chi connectivity index (χ4v) is 2.50. The Hall–Kier alpha value is -2.96. The molecule has 7 heteroatoms. The molecule has 3 aromatic rings. The highest BCUT2D eigenvalue weighted by atomic mass is 16.5. The SMILES string of the molecule is Cc1[nH]c(-c2ccccc2)nc1C(=O)NCc1nc(C2CC2)no1. The predicted octanol–water partition coefficient (Wildman–Crippen LogP) is 2.58. The van der Waals surface area contributed by atoms with Crippen molar-refractivity contribution in [2.75, 3.05) is 0 Å². The topological polar surface area (TPSA) is 96.7 Å². The van der Waals surface area contributed by atoms with E-state index in [0.717, 1.165) is 29.9 Å². The summed E-state index contributed by atoms with van der Waals surface area (Å²) in [7, 11) is 0. The van der Waals surface area contributed by atoms with Gasteiger partial charge >= 0.3 is 0 Å². The molecule has 0 atom stereocenters. The Morgan fingerprint density at radius 2 is 2.08 bits per heavy atom. The van der Waals surface area contributed by atoms with Crippen molar-refractivity contribution in [1.82, 2.24) is 25.4 Å². The Morgan fingerprint density at radius 3 is 2.83 bits per heavy atom. The maximum absolute atomic E-state index is 12.4. The van der Waals surface area contributed by atoms with Crippen LogP contribution in [0.15, 0.2) is 34.9 Å². The van der Waals surface area contributed by atoms with Gasteiger partial charge in [-0.1, -0.05) is 35.5 Å². The van der Waals surface area contributed by atoms with Crippen LogP contribution in [0.25, 0.3) is 11.4 Å². The summed E-state index contributed by atoms with van der Waals surface area (Å²) < 4.78 is 5.15. The van der Waals surface area contributed by atoms with Crippen molar-refractivity contribution in [2.45, 2.75) is 32.2 Å². The van der Waals surface area contributed by atoms with Gasteiger partial charge in [0.1, 0.15) is 11.5 Å². The van der Waals surface area contributed by atoms with Gasteiger partial charge in [0.05, 0.1) is 6.54 Å². The van der Waals surface area contributed by atoms with E-state index in [-0.39, 0.29) is 12.5 Å². The maximum Gasteiger partial charge on any atom is 0.272 e. The van der Waals surface area contributed by atoms with Gasteiger partial charge in [-0.3, -0.25) is 4.79 Å². The number of amides is 1. The smallest absolute Gasteiger partial charge is 0.272 e. The van der Waals surface area contributed by atoms with Crippen LogP contribution in [-0.4, -0.2) is 26.0 Å². The quantitative estimate of drug-likeness (QED) is 0.752. The van der Waals surface area contributed by atoms with Gasteiger partial charge in [-0.05, 0) is 19.8 Å². The number of hydrogen-bond donors (Lipinski definition) is 2. The number of aromatic nitrogens is 4. The number of H-pyrrole nitrogens is 1. The molecule has 1 aliphatic carbocycles. The molecule has 0 bridgehead atoms. The van der Waals surface area contributed by atoms with E-state index in [9.17, 15) is 4.79 Å². The average molecular weight is 323 g/mol. The summed E-state index contributed by atoms with van der Waals surface area (Å²) in [6.07, 6.45) is 2.22. The Morgan fingerprint density at radius 1 is 1.29 bits per heavy atom. The molecule has 0 unspecified atom stereocenters. The molecular formula is C17H17N5O2. The van der Waals surface area contributed by atoms with E-state index in [1.165, 1.54) is 0 Å². The van der Waals surface area contributed by atoms with Crippen molar-refractivity contribution in [1.29, 1.82) is 0 Å². The third-order valence-electron chi connectivity index (χ3n) is 3.97. The van der Waals surface area contributed by atoms with Crippen molar-refractivity contribution >= 4 is 5.91 Å². The van der Waals surface area contributed by atoms with Gasteiger partial charge < -0.3 is 14.8 Å². The lowest BCUT2D eigenvalue weighted by Gasteiger charge is -1.99. The maximum atomic E-state index is 12.4. The summed E-state index contributed by atoms with van der Waals surface area (Å²) in [5, 5.41) is 6.71. The zero-order chi connectivity index (χ0) is 16.5. The first-order valence-electron chi connectivity index (χ1n) is 7.93. The van der Waals surface area contributed by atoms with Gasteiger partial charge in [-0.15, -0.1) is 0 Å². The van der Waals surface area contributed by atoms with Crippen LogP contribution in [0.5, 0.6) is 0 Å². The molecule has 4 rings (SSSR count). The second-order valence-electron chi connectivity index (χ2n) is 5.93. The average Bonchev–Trinajstić information content (AvgIpc) is 3.22. The number of benzene rings is 1. The minimum Gasteiger partial charge on any atom is -0.342 e. The summed E-state index contributed by atoms with van der Waals surface area (Å²) in [4.78, 5) is 24.2. The summed E-state index contributed by atoms with van der Waals surface area (Å²) in [5.74, 6) is 1.99. The molecule has 2 heterocycles. The molecule has 24 heavy (non-hydrogen) atoms. The van der Waals surface area contributed by atoms with Crippen LogP contribution < -0.4 is 5.32 Å². The zero-order valence-electron chi connectivity index (χ0n) is 13.2. The number of imidazole rings is 1. The molecule has 0 aliphatic heterocycles. The standard InChI is InChI=1S/C17H17N5O2/c1-10-14(21-15(19-10)11-5-3-2-4-6-11)17(23)18-9-13-20-16(22-24-13)12-7-8-12/h2-6,12H,7-9H2,1H3,(H,18,23)(H,19,21). The van der Waals surface area contributed by atoms with E-state index in [1.54, 1.807) is 0 Å². The molecule has 1 amide bonds. The molecule has 0 spiro atoms. The third kappa shape index (κ3) is 2.92. The van der Waals surface area contributed by atoms with Crippen LogP contribution in [0, 0.1) is 6.92 Å². The van der Waals surface area contributed by atoms with Crippen LogP contribution in [0.4, 0.5) is 0 Å². The van der Waals surface area contributed by atoms with E-state index in [0.29, 0.717) is 23.3 Å². The first-order chi connectivity index (χ1) is 11.7. The lowest BCUT2D eigenvalue weighted by Crippen LogP contribution is -2.24. The number of hydrogen-bond acceptors (Lipinski definition) is 5. The number of carbonyl (C=O) groups is 1. The molecule has 1 aromatic carbocycles. The van der Waals surface area contributed by atoms with Gasteiger partial charge in [0.15, 0.2) is 5.82 Å². The Bertz CT molecular complexity index is 864. The van der Waals surface area contributed by atoms with E-state index >= 15 is 0 Å². The number of aromatic amines is 1. The molecule has 1 fully saturated rings. The van der Waals surface area contributed by atoms with Crippen molar-refractivity contribution < 1.29 is 9.32 Å². The van der Waals surface area contributed by atoms with Crippen LogP contribution in [0.2, 0.25) is 0 Å². The van der Waals surface area contributed by atoms with E-state index in [4.69, 9.17) is 4.52 Å². The summed E-state index contributed by atoms with van der Waals surface area (Å²) in [5.41, 5.74) is 2.02. The van der Waals surface area contributed by atoms with Gasteiger partial charge in [-0.25, -0.2) is 4.98 Å². The number of aryl methyl sites for hydroxylation is 1. The Labute approximate surface area is 138 Å². The van der Waals surface area contributed by atoms with Crippen LogP contribution >= 0.6 is 0 Å². The van der Waals surface area contributed by atoms with Crippen LogP contribution in [-0.2, 0) is 6.54 Å². The lowest BCUT2D eigenvalue weighted by atomic mass is 10.2. The number of nitrogens with one attached hydrogen (secondary N) is 2. The van der Waals surface area contributed by atoms with Gasteiger partial charge in [0.2, 0.25) is 5.89 Å². The first kappa shape index (κ1) is 14.6. The summed E-state index contributed by atoms with van der Waals surface area (Å²) >= 11 is 0. The van der Waals surface area contributed by atoms with E-state index in [2.05, 4.69) is 25.4 Å². The lowest BCUT2D eigenvalue weighted by molar-refractivity contribution is 0.0941. The second kappa shape index (κ2) is 5.92. The zero-order valence-corrected chi connectivity index (χ0v) is 13.2. The molecule has 2 N–H and O–H groups in total. The highest BCUT2D eigenvalue weighted by Gasteiger charge is 2.28. The molecular weight excluding hydrogens is 306 g/mol. The van der Waals surface area contributed by atoms with Crippen molar-refractivity contribution in [3.8, 4) is 11.4 Å².